The zero-order chi connectivity index (χ0) is 28.7. The number of benzene rings is 2. The molecular weight excluding hydrogens is 543 g/mol. The van der Waals surface area contributed by atoms with Gasteiger partial charge < -0.3 is 25.4 Å². The molecule has 1 aliphatic heterocycles. The van der Waals surface area contributed by atoms with Crippen molar-refractivity contribution < 1.29 is 37.4 Å². The van der Waals surface area contributed by atoms with Gasteiger partial charge in [-0.15, -0.1) is 5.10 Å². The molecule has 4 rings (SSSR count). The number of primary amides is 1. The molecule has 0 spiro atoms. The molecule has 2 aromatic carbocycles. The standard InChI is InChI=1S/C17H15F3N4O3.C8H8ClNO2/c18-17(19,20)12-4-2-1-3-11(12)15(25)24-9-7-23(8-10-24)13-5-6-21-22-14(13)16(26)27;1-12-7-3-2-5(9)4-6(7)8(10)11/h1-6H,7-10H2,(H,26,27);2-4H,1H3,(H2,10,11). The molecule has 0 aliphatic carbocycles. The minimum atomic E-state index is -4.62. The molecule has 1 fully saturated rings. The van der Waals surface area contributed by atoms with Crippen molar-refractivity contribution in [2.75, 3.05) is 38.2 Å². The first-order valence-electron chi connectivity index (χ1n) is 11.3. The van der Waals surface area contributed by atoms with Crippen molar-refractivity contribution in [2.24, 2.45) is 5.73 Å². The van der Waals surface area contributed by atoms with Crippen molar-refractivity contribution in [2.45, 2.75) is 6.18 Å². The average molecular weight is 566 g/mol. The molecule has 10 nitrogen and oxygen atoms in total. The second-order valence-corrected chi connectivity index (χ2v) is 8.54. The smallest absolute Gasteiger partial charge is 0.417 e. The first-order valence-corrected chi connectivity index (χ1v) is 11.7. The number of piperazine rings is 1. The zero-order valence-corrected chi connectivity index (χ0v) is 21.2. The Morgan fingerprint density at radius 2 is 1.69 bits per heavy atom. The summed E-state index contributed by atoms with van der Waals surface area (Å²) in [5.74, 6) is -2.04. The third-order valence-electron chi connectivity index (χ3n) is 5.70. The maximum absolute atomic E-state index is 13.1. The number of anilines is 1. The summed E-state index contributed by atoms with van der Waals surface area (Å²) in [5.41, 5.74) is 4.17. The molecule has 1 aromatic heterocycles. The summed E-state index contributed by atoms with van der Waals surface area (Å²) in [6, 6.07) is 10.9. The van der Waals surface area contributed by atoms with Crippen LogP contribution in [0.3, 0.4) is 0 Å². The van der Waals surface area contributed by atoms with E-state index in [9.17, 15) is 32.7 Å². The highest BCUT2D eigenvalue weighted by Crippen LogP contribution is 2.32. The van der Waals surface area contributed by atoms with Crippen molar-refractivity contribution in [3.05, 3.63) is 82.1 Å². The fraction of sp³-hybridized carbons (Fsp3) is 0.240. The lowest BCUT2D eigenvalue weighted by molar-refractivity contribution is -0.138. The van der Waals surface area contributed by atoms with E-state index < -0.39 is 35.1 Å². The van der Waals surface area contributed by atoms with Crippen LogP contribution in [0.4, 0.5) is 18.9 Å². The van der Waals surface area contributed by atoms with Gasteiger partial charge in [0.05, 0.1) is 35.7 Å². The summed E-state index contributed by atoms with van der Waals surface area (Å²) in [6.45, 7) is 0.858. The van der Waals surface area contributed by atoms with Crippen LogP contribution in [0.2, 0.25) is 5.02 Å². The number of amides is 2. The number of rotatable bonds is 5. The molecule has 1 saturated heterocycles. The summed E-state index contributed by atoms with van der Waals surface area (Å²) >= 11 is 5.65. The van der Waals surface area contributed by atoms with E-state index in [1.807, 2.05) is 0 Å². The van der Waals surface area contributed by atoms with E-state index >= 15 is 0 Å². The van der Waals surface area contributed by atoms with Gasteiger partial charge in [0.25, 0.3) is 11.8 Å². The molecule has 14 heteroatoms. The molecule has 2 amide bonds. The third kappa shape index (κ3) is 7.13. The summed E-state index contributed by atoms with van der Waals surface area (Å²) in [4.78, 5) is 37.7. The lowest BCUT2D eigenvalue weighted by Crippen LogP contribution is -2.49. The minimum Gasteiger partial charge on any atom is -0.496 e. The van der Waals surface area contributed by atoms with E-state index in [4.69, 9.17) is 22.1 Å². The zero-order valence-electron chi connectivity index (χ0n) is 20.5. The molecule has 0 unspecified atom stereocenters. The first-order chi connectivity index (χ1) is 18.4. The summed E-state index contributed by atoms with van der Waals surface area (Å²) in [5, 5.41) is 16.8. The maximum Gasteiger partial charge on any atom is 0.417 e. The van der Waals surface area contributed by atoms with Crippen LogP contribution in [0.1, 0.15) is 36.8 Å². The molecule has 1 aliphatic rings. The molecule has 0 bridgehead atoms. The molecule has 3 aromatic rings. The topological polar surface area (TPSA) is 139 Å². The number of ether oxygens (including phenoxy) is 1. The van der Waals surface area contributed by atoms with Crippen LogP contribution >= 0.6 is 11.6 Å². The van der Waals surface area contributed by atoms with Crippen LogP contribution in [0.25, 0.3) is 0 Å². The van der Waals surface area contributed by atoms with E-state index in [0.717, 1.165) is 12.1 Å². The Bertz CT molecular complexity index is 1360. The largest absolute Gasteiger partial charge is 0.496 e. The number of alkyl halides is 3. The van der Waals surface area contributed by atoms with Crippen LogP contribution < -0.4 is 15.4 Å². The third-order valence-corrected chi connectivity index (χ3v) is 5.93. The number of aromatic nitrogens is 2. The van der Waals surface area contributed by atoms with Gasteiger partial charge in [-0.3, -0.25) is 9.59 Å². The fourth-order valence-corrected chi connectivity index (χ4v) is 4.02. The van der Waals surface area contributed by atoms with Crippen molar-refractivity contribution in [3.63, 3.8) is 0 Å². The van der Waals surface area contributed by atoms with Gasteiger partial charge in [0.1, 0.15) is 5.75 Å². The van der Waals surface area contributed by atoms with Crippen molar-refractivity contribution in [1.29, 1.82) is 0 Å². The molecule has 0 radical (unpaired) electrons. The number of aromatic carboxylic acids is 1. The lowest BCUT2D eigenvalue weighted by atomic mass is 10.1. The number of carbonyl (C=O) groups is 3. The Hall–Kier alpha value is -4.39. The number of carboxylic acids is 1. The molecule has 2 heterocycles. The number of methoxy groups -OCH3 is 1. The van der Waals surface area contributed by atoms with Gasteiger partial charge in [-0.25, -0.2) is 4.79 Å². The van der Waals surface area contributed by atoms with Crippen molar-refractivity contribution >= 4 is 35.1 Å². The molecule has 0 saturated carbocycles. The van der Waals surface area contributed by atoms with Gasteiger partial charge in [0.15, 0.2) is 5.69 Å². The molecule has 206 valence electrons. The number of nitrogens with two attached hydrogens (primary N) is 1. The van der Waals surface area contributed by atoms with Gasteiger partial charge in [-0.2, -0.15) is 18.3 Å². The summed E-state index contributed by atoms with van der Waals surface area (Å²) in [6.07, 6.45) is -3.26. The van der Waals surface area contributed by atoms with E-state index in [1.165, 1.54) is 42.5 Å². The Labute approximate surface area is 225 Å². The van der Waals surface area contributed by atoms with E-state index in [0.29, 0.717) is 22.0 Å². The molecule has 39 heavy (non-hydrogen) atoms. The monoisotopic (exact) mass is 565 g/mol. The molecular formula is C25H23ClF3N5O5. The highest BCUT2D eigenvalue weighted by molar-refractivity contribution is 6.31. The number of carbonyl (C=O) groups excluding carboxylic acids is 2. The van der Waals surface area contributed by atoms with Crippen molar-refractivity contribution in [3.8, 4) is 5.75 Å². The van der Waals surface area contributed by atoms with Crippen molar-refractivity contribution in [1.82, 2.24) is 15.1 Å². The second kappa shape index (κ2) is 12.4. The minimum absolute atomic E-state index is 0.159. The fourth-order valence-electron chi connectivity index (χ4n) is 3.84. The number of hydrogen-bond acceptors (Lipinski definition) is 7. The Morgan fingerprint density at radius 3 is 2.28 bits per heavy atom. The number of hydrogen-bond donors (Lipinski definition) is 2. The SMILES string of the molecule is COc1ccc(Cl)cc1C(N)=O.O=C(O)c1nnccc1N1CCN(C(=O)c2ccccc2C(F)(F)F)CC1. The quantitative estimate of drug-likeness (QED) is 0.478. The van der Waals surface area contributed by atoms with Crippen LogP contribution in [-0.4, -0.2) is 71.3 Å². The number of halogens is 4. The van der Waals surface area contributed by atoms with E-state index in [1.54, 1.807) is 17.0 Å². The Balaban J connectivity index is 0.000000293. The predicted octanol–water partition coefficient (Wildman–Crippen LogP) is 3.60. The van der Waals surface area contributed by atoms with Crippen LogP contribution in [0, 0.1) is 0 Å². The van der Waals surface area contributed by atoms with Crippen LogP contribution in [0.5, 0.6) is 5.75 Å². The van der Waals surface area contributed by atoms with E-state index in [2.05, 4.69) is 10.2 Å². The highest BCUT2D eigenvalue weighted by atomic mass is 35.5. The van der Waals surface area contributed by atoms with Gasteiger partial charge in [-0.1, -0.05) is 23.7 Å². The highest BCUT2D eigenvalue weighted by Gasteiger charge is 2.36. The number of nitrogens with zero attached hydrogens (tertiary/aromatic N) is 4. The van der Waals surface area contributed by atoms with E-state index in [-0.39, 0.29) is 31.9 Å². The van der Waals surface area contributed by atoms with Gasteiger partial charge in [-0.05, 0) is 36.4 Å². The average Bonchev–Trinajstić information content (AvgIpc) is 2.92. The van der Waals surface area contributed by atoms with Gasteiger partial charge in [0, 0.05) is 31.2 Å². The Kier molecular flexibility index (Phi) is 9.30. The first kappa shape index (κ1) is 29.2. The second-order valence-electron chi connectivity index (χ2n) is 8.10. The number of carboxylic acid groups (broad SMARTS) is 1. The van der Waals surface area contributed by atoms with Gasteiger partial charge >= 0.3 is 12.1 Å². The summed E-state index contributed by atoms with van der Waals surface area (Å²) < 4.78 is 44.3. The van der Waals surface area contributed by atoms with Crippen LogP contribution in [-0.2, 0) is 6.18 Å². The Morgan fingerprint density at radius 1 is 1.03 bits per heavy atom. The maximum atomic E-state index is 13.1. The predicted molar refractivity (Wildman–Crippen MR) is 135 cm³/mol. The molecule has 0 atom stereocenters. The lowest BCUT2D eigenvalue weighted by Gasteiger charge is -2.36. The summed E-state index contributed by atoms with van der Waals surface area (Å²) in [7, 11) is 1.47. The van der Waals surface area contributed by atoms with Gasteiger partial charge in [0.2, 0.25) is 0 Å². The normalized spacial score (nSPS) is 13.3. The van der Waals surface area contributed by atoms with Crippen LogP contribution in [0.15, 0.2) is 54.7 Å². The molecule has 3 N–H and O–H groups in total.